The number of hydrogen-bond acceptors (Lipinski definition) is 3. The van der Waals surface area contributed by atoms with Crippen molar-refractivity contribution in [1.29, 1.82) is 0 Å². The van der Waals surface area contributed by atoms with E-state index < -0.39 is 11.9 Å². The van der Waals surface area contributed by atoms with Crippen LogP contribution in [-0.4, -0.2) is 40.4 Å². The van der Waals surface area contributed by atoms with Crippen LogP contribution in [0.2, 0.25) is 0 Å². The smallest absolute Gasteiger partial charge is 0.308 e. The lowest BCUT2D eigenvalue weighted by Gasteiger charge is -2.23. The summed E-state index contributed by atoms with van der Waals surface area (Å²) in [6, 6.07) is 6.32. The molecule has 6 nitrogen and oxygen atoms in total. The predicted octanol–water partition coefficient (Wildman–Crippen LogP) is 1.58. The summed E-state index contributed by atoms with van der Waals surface area (Å²) in [5.74, 6) is -1.81. The van der Waals surface area contributed by atoms with Gasteiger partial charge in [-0.2, -0.15) is 0 Å². The zero-order valence-corrected chi connectivity index (χ0v) is 12.0. The van der Waals surface area contributed by atoms with E-state index in [2.05, 4.69) is 5.32 Å². The third-order valence-electron chi connectivity index (χ3n) is 3.76. The topological polar surface area (TPSA) is 86.7 Å². The Kier molecular flexibility index (Phi) is 4.26. The molecule has 0 saturated carbocycles. The van der Waals surface area contributed by atoms with Gasteiger partial charge in [-0.25, -0.2) is 0 Å². The Morgan fingerprint density at radius 2 is 2.05 bits per heavy atom. The molecule has 2 rings (SSSR count). The highest BCUT2D eigenvalue weighted by molar-refractivity contribution is 5.97. The summed E-state index contributed by atoms with van der Waals surface area (Å²) < 4.78 is 0. The van der Waals surface area contributed by atoms with Gasteiger partial charge in [0.1, 0.15) is 0 Å². The van der Waals surface area contributed by atoms with Gasteiger partial charge in [0, 0.05) is 30.8 Å². The Balaban J connectivity index is 2.17. The number of carboxylic acids is 1. The van der Waals surface area contributed by atoms with Gasteiger partial charge in [0.05, 0.1) is 5.92 Å². The number of carbonyl (C=O) groups excluding carboxylic acids is 2. The van der Waals surface area contributed by atoms with E-state index in [1.807, 2.05) is 0 Å². The molecular weight excluding hydrogens is 272 g/mol. The van der Waals surface area contributed by atoms with Gasteiger partial charge in [-0.1, -0.05) is 6.07 Å². The number of benzene rings is 1. The van der Waals surface area contributed by atoms with Gasteiger partial charge in [-0.3, -0.25) is 14.4 Å². The quantitative estimate of drug-likeness (QED) is 0.885. The van der Waals surface area contributed by atoms with Gasteiger partial charge in [0.25, 0.3) is 5.91 Å². The molecule has 0 aliphatic carbocycles. The number of carbonyl (C=O) groups is 3. The van der Waals surface area contributed by atoms with E-state index in [0.717, 1.165) is 0 Å². The number of aliphatic carboxylic acids is 1. The largest absolute Gasteiger partial charge is 0.481 e. The van der Waals surface area contributed by atoms with Gasteiger partial charge < -0.3 is 15.3 Å². The Labute approximate surface area is 122 Å². The molecule has 1 heterocycles. The van der Waals surface area contributed by atoms with Gasteiger partial charge in [-0.15, -0.1) is 0 Å². The van der Waals surface area contributed by atoms with Crippen LogP contribution in [-0.2, 0) is 9.59 Å². The zero-order chi connectivity index (χ0) is 15.6. The first kappa shape index (κ1) is 15.0. The Morgan fingerprint density at radius 3 is 2.62 bits per heavy atom. The molecule has 6 heteroatoms. The molecule has 0 aromatic heterocycles. The molecule has 0 bridgehead atoms. The average molecular weight is 290 g/mol. The van der Waals surface area contributed by atoms with E-state index in [4.69, 9.17) is 5.11 Å². The van der Waals surface area contributed by atoms with Crippen molar-refractivity contribution in [2.75, 3.05) is 11.9 Å². The van der Waals surface area contributed by atoms with E-state index in [1.165, 1.54) is 6.92 Å². The molecule has 112 valence electrons. The van der Waals surface area contributed by atoms with Crippen molar-refractivity contribution >= 4 is 23.5 Å². The molecule has 2 amide bonds. The van der Waals surface area contributed by atoms with E-state index in [1.54, 1.807) is 36.1 Å². The summed E-state index contributed by atoms with van der Waals surface area (Å²) in [7, 11) is 0. The first-order valence-electron chi connectivity index (χ1n) is 6.81. The fourth-order valence-electron chi connectivity index (χ4n) is 2.66. The molecule has 2 N–H and O–H groups in total. The van der Waals surface area contributed by atoms with E-state index in [-0.39, 0.29) is 17.9 Å². The molecule has 2 atom stereocenters. The second-order valence-electron chi connectivity index (χ2n) is 5.23. The molecule has 1 aromatic rings. The lowest BCUT2D eigenvalue weighted by atomic mass is 10.0. The van der Waals surface area contributed by atoms with Crippen molar-refractivity contribution in [1.82, 2.24) is 4.90 Å². The van der Waals surface area contributed by atoms with Crippen molar-refractivity contribution in [2.24, 2.45) is 5.92 Å². The standard InChI is InChI=1S/C15H18N2O4/c1-9-13(15(20)21)6-7-17(9)14(19)11-4-3-5-12(8-11)16-10(2)18/h3-5,8-9,13H,6-7H2,1-2H3,(H,16,18)(H,20,21). The van der Waals surface area contributed by atoms with E-state index in [9.17, 15) is 14.4 Å². The number of nitrogens with one attached hydrogen (secondary N) is 1. The fraction of sp³-hybridized carbons (Fsp3) is 0.400. The summed E-state index contributed by atoms with van der Waals surface area (Å²) in [5, 5.41) is 11.7. The minimum atomic E-state index is -0.871. The first-order chi connectivity index (χ1) is 9.90. The van der Waals surface area contributed by atoms with Crippen molar-refractivity contribution in [3.63, 3.8) is 0 Å². The number of rotatable bonds is 3. The normalized spacial score (nSPS) is 21.1. The number of likely N-dealkylation sites (tertiary alicyclic amines) is 1. The molecule has 1 aliphatic rings. The summed E-state index contributed by atoms with van der Waals surface area (Å²) >= 11 is 0. The molecule has 0 radical (unpaired) electrons. The second-order valence-corrected chi connectivity index (χ2v) is 5.23. The molecule has 2 unspecified atom stereocenters. The van der Waals surface area contributed by atoms with Crippen molar-refractivity contribution in [2.45, 2.75) is 26.3 Å². The lowest BCUT2D eigenvalue weighted by Crippen LogP contribution is -2.37. The first-order valence-corrected chi connectivity index (χ1v) is 6.81. The maximum Gasteiger partial charge on any atom is 0.308 e. The molecule has 0 spiro atoms. The van der Waals surface area contributed by atoms with Crippen LogP contribution >= 0.6 is 0 Å². The number of carboxylic acid groups (broad SMARTS) is 1. The lowest BCUT2D eigenvalue weighted by molar-refractivity contribution is -0.142. The summed E-state index contributed by atoms with van der Waals surface area (Å²) in [6.45, 7) is 3.58. The average Bonchev–Trinajstić information content (AvgIpc) is 2.79. The Morgan fingerprint density at radius 1 is 1.33 bits per heavy atom. The van der Waals surface area contributed by atoms with E-state index >= 15 is 0 Å². The van der Waals surface area contributed by atoms with Crippen LogP contribution in [0.3, 0.4) is 0 Å². The molecule has 1 aromatic carbocycles. The Hall–Kier alpha value is -2.37. The molecule has 1 saturated heterocycles. The third-order valence-corrected chi connectivity index (χ3v) is 3.76. The van der Waals surface area contributed by atoms with Crippen LogP contribution in [0.1, 0.15) is 30.6 Å². The van der Waals surface area contributed by atoms with Gasteiger partial charge in [-0.05, 0) is 31.5 Å². The SMILES string of the molecule is CC(=O)Nc1cccc(C(=O)N2CCC(C(=O)O)C2C)c1. The van der Waals surface area contributed by atoms with Crippen LogP contribution < -0.4 is 5.32 Å². The highest BCUT2D eigenvalue weighted by Crippen LogP contribution is 2.26. The van der Waals surface area contributed by atoms with Crippen LogP contribution in [0, 0.1) is 5.92 Å². The monoisotopic (exact) mass is 290 g/mol. The van der Waals surface area contributed by atoms with Crippen LogP contribution in [0.5, 0.6) is 0 Å². The fourth-order valence-corrected chi connectivity index (χ4v) is 2.66. The van der Waals surface area contributed by atoms with Crippen molar-refractivity contribution in [3.05, 3.63) is 29.8 Å². The van der Waals surface area contributed by atoms with Crippen molar-refractivity contribution in [3.8, 4) is 0 Å². The summed E-state index contributed by atoms with van der Waals surface area (Å²) in [4.78, 5) is 36.2. The minimum absolute atomic E-state index is 0.208. The molecule has 21 heavy (non-hydrogen) atoms. The zero-order valence-electron chi connectivity index (χ0n) is 12.0. The number of anilines is 1. The minimum Gasteiger partial charge on any atom is -0.481 e. The molecule has 1 fully saturated rings. The maximum absolute atomic E-state index is 12.5. The van der Waals surface area contributed by atoms with E-state index in [0.29, 0.717) is 24.2 Å². The predicted molar refractivity (Wildman–Crippen MR) is 77.0 cm³/mol. The molecule has 1 aliphatic heterocycles. The van der Waals surface area contributed by atoms with Gasteiger partial charge >= 0.3 is 5.97 Å². The summed E-state index contributed by atoms with van der Waals surface area (Å²) in [6.07, 6.45) is 0.466. The Bertz CT molecular complexity index is 585. The van der Waals surface area contributed by atoms with Crippen LogP contribution in [0.25, 0.3) is 0 Å². The number of amides is 2. The van der Waals surface area contributed by atoms with Gasteiger partial charge in [0.15, 0.2) is 0 Å². The third kappa shape index (κ3) is 3.21. The van der Waals surface area contributed by atoms with Crippen LogP contribution in [0.15, 0.2) is 24.3 Å². The number of hydrogen-bond donors (Lipinski definition) is 2. The highest BCUT2D eigenvalue weighted by Gasteiger charge is 2.38. The molecular formula is C15H18N2O4. The maximum atomic E-state index is 12.5. The summed E-state index contributed by atoms with van der Waals surface area (Å²) in [5.41, 5.74) is 0.995. The second kappa shape index (κ2) is 5.95. The van der Waals surface area contributed by atoms with Gasteiger partial charge in [0.2, 0.25) is 5.91 Å². The van der Waals surface area contributed by atoms with Crippen molar-refractivity contribution < 1.29 is 19.5 Å². The number of nitrogens with zero attached hydrogens (tertiary/aromatic N) is 1. The highest BCUT2D eigenvalue weighted by atomic mass is 16.4. The van der Waals surface area contributed by atoms with Crippen LogP contribution in [0.4, 0.5) is 5.69 Å².